The molecule has 3 rings (SSSR count). The molecule has 0 bridgehead atoms. The molecule has 142 valence electrons. The number of hydrogen-bond donors (Lipinski definition) is 0. The van der Waals surface area contributed by atoms with Crippen LogP contribution in [-0.2, 0) is 20.9 Å². The lowest BCUT2D eigenvalue weighted by Crippen LogP contribution is -2.41. The molecule has 0 saturated heterocycles. The molecule has 1 saturated carbocycles. The Kier molecular flexibility index (Phi) is 6.36. The molecule has 0 aromatic heterocycles. The second-order valence-electron chi connectivity index (χ2n) is 6.81. The fraction of sp³-hybridized carbons (Fsp3) is 0.600. The Morgan fingerprint density at radius 3 is 2.65 bits per heavy atom. The minimum atomic E-state index is -0.312. The zero-order chi connectivity index (χ0) is 18.4. The van der Waals surface area contributed by atoms with Gasteiger partial charge in [0.25, 0.3) is 0 Å². The Hall–Kier alpha value is -2.24. The van der Waals surface area contributed by atoms with Crippen LogP contribution < -0.4 is 9.47 Å². The van der Waals surface area contributed by atoms with Crippen molar-refractivity contribution in [2.45, 2.75) is 64.5 Å². The van der Waals surface area contributed by atoms with Gasteiger partial charge in [-0.05, 0) is 37.5 Å². The maximum absolute atomic E-state index is 12.9. The molecular weight excluding hydrogens is 334 g/mol. The van der Waals surface area contributed by atoms with E-state index in [1.165, 1.54) is 6.42 Å². The first kappa shape index (κ1) is 18.5. The van der Waals surface area contributed by atoms with Crippen molar-refractivity contribution in [2.24, 2.45) is 0 Å². The summed E-state index contributed by atoms with van der Waals surface area (Å²) in [6.07, 6.45) is 5.90. The van der Waals surface area contributed by atoms with Crippen molar-refractivity contribution in [1.29, 1.82) is 0 Å². The van der Waals surface area contributed by atoms with Crippen LogP contribution in [0.3, 0.4) is 0 Å². The van der Waals surface area contributed by atoms with Crippen LogP contribution in [0.5, 0.6) is 11.5 Å². The SMILES string of the molecule is CCOC(=O)CCC(=O)N(Cc1ccc2c(c1)OCO2)C1CCCCC1. The Morgan fingerprint density at radius 2 is 1.88 bits per heavy atom. The van der Waals surface area contributed by atoms with Crippen molar-refractivity contribution in [1.82, 2.24) is 4.90 Å². The van der Waals surface area contributed by atoms with E-state index in [-0.39, 0.29) is 37.6 Å². The third kappa shape index (κ3) is 4.68. The van der Waals surface area contributed by atoms with Gasteiger partial charge in [-0.1, -0.05) is 25.3 Å². The van der Waals surface area contributed by atoms with Crippen LogP contribution >= 0.6 is 0 Å². The van der Waals surface area contributed by atoms with Gasteiger partial charge in [0.1, 0.15) is 0 Å². The van der Waals surface area contributed by atoms with Gasteiger partial charge in [0.15, 0.2) is 11.5 Å². The van der Waals surface area contributed by atoms with Crippen LogP contribution in [0, 0.1) is 0 Å². The molecule has 6 heteroatoms. The summed E-state index contributed by atoms with van der Waals surface area (Å²) in [6, 6.07) is 6.04. The summed E-state index contributed by atoms with van der Waals surface area (Å²) in [5.74, 6) is 1.17. The molecule has 1 aromatic rings. The quantitative estimate of drug-likeness (QED) is 0.696. The Bertz CT molecular complexity index is 639. The molecule has 1 aliphatic carbocycles. The lowest BCUT2D eigenvalue weighted by atomic mass is 9.93. The molecule has 1 amide bonds. The molecule has 0 atom stereocenters. The number of fused-ring (bicyclic) bond motifs is 1. The van der Waals surface area contributed by atoms with E-state index in [9.17, 15) is 9.59 Å². The number of nitrogens with zero attached hydrogens (tertiary/aromatic N) is 1. The van der Waals surface area contributed by atoms with Crippen molar-refractivity contribution in [3.63, 3.8) is 0 Å². The van der Waals surface area contributed by atoms with Crippen molar-refractivity contribution in [3.05, 3.63) is 23.8 Å². The fourth-order valence-electron chi connectivity index (χ4n) is 3.64. The molecule has 6 nitrogen and oxygen atoms in total. The van der Waals surface area contributed by atoms with Gasteiger partial charge in [0, 0.05) is 19.0 Å². The predicted molar refractivity (Wildman–Crippen MR) is 95.9 cm³/mol. The predicted octanol–water partition coefficient (Wildman–Crippen LogP) is 3.42. The van der Waals surface area contributed by atoms with E-state index in [2.05, 4.69) is 0 Å². The second kappa shape index (κ2) is 8.92. The zero-order valence-electron chi connectivity index (χ0n) is 15.4. The zero-order valence-corrected chi connectivity index (χ0v) is 15.4. The Morgan fingerprint density at radius 1 is 1.12 bits per heavy atom. The number of carbonyl (C=O) groups excluding carboxylic acids is 2. The summed E-state index contributed by atoms with van der Waals surface area (Å²) in [7, 11) is 0. The second-order valence-corrected chi connectivity index (χ2v) is 6.81. The molecule has 1 fully saturated rings. The van der Waals surface area contributed by atoms with Crippen molar-refractivity contribution >= 4 is 11.9 Å². The third-order valence-corrected chi connectivity index (χ3v) is 4.97. The number of hydrogen-bond acceptors (Lipinski definition) is 5. The highest BCUT2D eigenvalue weighted by Crippen LogP contribution is 2.33. The van der Waals surface area contributed by atoms with Gasteiger partial charge in [-0.15, -0.1) is 0 Å². The average Bonchev–Trinajstić information content (AvgIpc) is 3.13. The van der Waals surface area contributed by atoms with E-state index in [0.717, 1.165) is 42.7 Å². The maximum Gasteiger partial charge on any atom is 0.306 e. The van der Waals surface area contributed by atoms with Crippen molar-refractivity contribution < 1.29 is 23.8 Å². The first-order valence-corrected chi connectivity index (χ1v) is 9.51. The molecule has 0 spiro atoms. The molecule has 1 aromatic carbocycles. The molecule has 1 aliphatic heterocycles. The Balaban J connectivity index is 1.68. The van der Waals surface area contributed by atoms with Gasteiger partial charge < -0.3 is 19.1 Å². The van der Waals surface area contributed by atoms with Gasteiger partial charge in [-0.25, -0.2) is 0 Å². The van der Waals surface area contributed by atoms with E-state index in [1.807, 2.05) is 23.1 Å². The van der Waals surface area contributed by atoms with Crippen LogP contribution in [0.4, 0.5) is 0 Å². The van der Waals surface area contributed by atoms with Crippen molar-refractivity contribution in [2.75, 3.05) is 13.4 Å². The Labute approximate surface area is 154 Å². The number of esters is 1. The van der Waals surface area contributed by atoms with Crippen LogP contribution in [0.25, 0.3) is 0 Å². The molecule has 0 unspecified atom stereocenters. The first-order chi connectivity index (χ1) is 12.7. The minimum absolute atomic E-state index is 0.0163. The van der Waals surface area contributed by atoms with Crippen LogP contribution in [-0.4, -0.2) is 36.2 Å². The summed E-state index contributed by atoms with van der Waals surface area (Å²) in [4.78, 5) is 26.4. The number of carbonyl (C=O) groups is 2. The van der Waals surface area contributed by atoms with E-state index in [4.69, 9.17) is 14.2 Å². The number of ether oxygens (including phenoxy) is 3. The standard InChI is InChI=1S/C20H27NO5/c1-2-24-20(23)11-10-19(22)21(16-6-4-3-5-7-16)13-15-8-9-17-18(12-15)26-14-25-17/h8-9,12,16H,2-7,10-11,13-14H2,1H3. The summed E-state index contributed by atoms with van der Waals surface area (Å²) in [5, 5.41) is 0. The summed E-state index contributed by atoms with van der Waals surface area (Å²) < 4.78 is 15.7. The summed E-state index contributed by atoms with van der Waals surface area (Å²) >= 11 is 0. The highest BCUT2D eigenvalue weighted by molar-refractivity contribution is 5.81. The molecule has 2 aliphatic rings. The topological polar surface area (TPSA) is 65.1 Å². The monoisotopic (exact) mass is 361 g/mol. The normalized spacial score (nSPS) is 16.3. The van der Waals surface area contributed by atoms with Gasteiger partial charge in [-0.2, -0.15) is 0 Å². The average molecular weight is 361 g/mol. The number of rotatable bonds is 7. The van der Waals surface area contributed by atoms with Crippen molar-refractivity contribution in [3.8, 4) is 11.5 Å². The van der Waals surface area contributed by atoms with Crippen LogP contribution in [0.1, 0.15) is 57.4 Å². The molecule has 1 heterocycles. The third-order valence-electron chi connectivity index (χ3n) is 4.97. The molecule has 0 radical (unpaired) electrons. The van der Waals surface area contributed by atoms with E-state index in [0.29, 0.717) is 13.2 Å². The van der Waals surface area contributed by atoms with E-state index >= 15 is 0 Å². The van der Waals surface area contributed by atoms with E-state index < -0.39 is 0 Å². The maximum atomic E-state index is 12.9. The van der Waals surface area contributed by atoms with Gasteiger partial charge in [0.2, 0.25) is 12.7 Å². The largest absolute Gasteiger partial charge is 0.466 e. The number of benzene rings is 1. The highest BCUT2D eigenvalue weighted by atomic mass is 16.7. The molecule has 26 heavy (non-hydrogen) atoms. The summed E-state index contributed by atoms with van der Waals surface area (Å²) in [6.45, 7) is 2.89. The number of amides is 1. The van der Waals surface area contributed by atoms with Crippen LogP contribution in [0.15, 0.2) is 18.2 Å². The van der Waals surface area contributed by atoms with Gasteiger partial charge in [-0.3, -0.25) is 9.59 Å². The highest BCUT2D eigenvalue weighted by Gasteiger charge is 2.26. The lowest BCUT2D eigenvalue weighted by Gasteiger charge is -2.34. The smallest absolute Gasteiger partial charge is 0.306 e. The van der Waals surface area contributed by atoms with Crippen LogP contribution in [0.2, 0.25) is 0 Å². The first-order valence-electron chi connectivity index (χ1n) is 9.51. The van der Waals surface area contributed by atoms with E-state index in [1.54, 1.807) is 6.92 Å². The summed E-state index contributed by atoms with van der Waals surface area (Å²) in [5.41, 5.74) is 1.02. The molecular formula is C20H27NO5. The molecule has 0 N–H and O–H groups in total. The lowest BCUT2D eigenvalue weighted by molar-refractivity contribution is -0.146. The fourth-order valence-corrected chi connectivity index (χ4v) is 3.64. The minimum Gasteiger partial charge on any atom is -0.466 e. The van der Waals surface area contributed by atoms with Gasteiger partial charge >= 0.3 is 5.97 Å². The van der Waals surface area contributed by atoms with Gasteiger partial charge in [0.05, 0.1) is 13.0 Å².